The van der Waals surface area contributed by atoms with Crippen molar-refractivity contribution in [3.8, 4) is 5.75 Å². The van der Waals surface area contributed by atoms with Crippen molar-refractivity contribution in [1.82, 2.24) is 20.3 Å². The quantitative estimate of drug-likeness (QED) is 0.861. The number of rotatable bonds is 5. The van der Waals surface area contributed by atoms with Gasteiger partial charge in [0.25, 0.3) is 0 Å². The smallest absolute Gasteiger partial charge is 0.226 e. The molecule has 1 aliphatic rings. The number of nitrogens with zero attached hydrogens (tertiary/aromatic N) is 3. The molecular weight excluding hydrogens is 320 g/mol. The number of β-amino-alcohol motifs (C(OH)–C–C–N with tert-alkyl or cyclic N) is 1. The van der Waals surface area contributed by atoms with Gasteiger partial charge in [-0.25, -0.2) is 0 Å². The number of amides is 1. The number of carbonyl (C=O) groups excluding carboxylic acids is 1. The van der Waals surface area contributed by atoms with E-state index in [0.717, 1.165) is 23.3 Å². The second-order valence-corrected chi connectivity index (χ2v) is 6.63. The SMILES string of the molecule is Cc1cccc(C)c1OCCC(=O)N1CCC[C@@](O)(c2cn[nH]n2)C1. The summed E-state index contributed by atoms with van der Waals surface area (Å²) >= 11 is 0. The van der Waals surface area contributed by atoms with Gasteiger partial charge in [-0.2, -0.15) is 15.4 Å². The van der Waals surface area contributed by atoms with Crippen molar-refractivity contribution in [3.63, 3.8) is 0 Å². The number of aromatic amines is 1. The van der Waals surface area contributed by atoms with Crippen molar-refractivity contribution < 1.29 is 14.6 Å². The molecule has 0 unspecified atom stereocenters. The summed E-state index contributed by atoms with van der Waals surface area (Å²) in [7, 11) is 0. The fraction of sp³-hybridized carbons (Fsp3) is 0.500. The molecule has 1 amide bonds. The summed E-state index contributed by atoms with van der Waals surface area (Å²) in [6, 6.07) is 5.97. The fourth-order valence-electron chi connectivity index (χ4n) is 3.31. The Bertz CT molecular complexity index is 712. The molecule has 0 bridgehead atoms. The maximum atomic E-state index is 12.5. The van der Waals surface area contributed by atoms with Gasteiger partial charge < -0.3 is 14.7 Å². The molecule has 1 saturated heterocycles. The number of aromatic nitrogens is 3. The number of ether oxygens (including phenoxy) is 1. The van der Waals surface area contributed by atoms with Crippen molar-refractivity contribution in [2.45, 2.75) is 38.7 Å². The molecule has 1 aromatic heterocycles. The Morgan fingerprint density at radius 2 is 2.16 bits per heavy atom. The van der Waals surface area contributed by atoms with Gasteiger partial charge >= 0.3 is 0 Å². The van der Waals surface area contributed by atoms with Crippen LogP contribution < -0.4 is 4.74 Å². The van der Waals surface area contributed by atoms with Crippen LogP contribution in [0.15, 0.2) is 24.4 Å². The van der Waals surface area contributed by atoms with E-state index in [0.29, 0.717) is 25.3 Å². The Kier molecular flexibility index (Phi) is 5.03. The third kappa shape index (κ3) is 3.82. The van der Waals surface area contributed by atoms with E-state index in [2.05, 4.69) is 15.4 Å². The molecule has 1 aliphatic heterocycles. The van der Waals surface area contributed by atoms with Crippen molar-refractivity contribution in [3.05, 3.63) is 41.2 Å². The van der Waals surface area contributed by atoms with Gasteiger partial charge in [-0.1, -0.05) is 18.2 Å². The van der Waals surface area contributed by atoms with Gasteiger partial charge in [-0.05, 0) is 37.8 Å². The molecule has 0 aliphatic carbocycles. The molecule has 0 saturated carbocycles. The van der Waals surface area contributed by atoms with Gasteiger partial charge in [0.1, 0.15) is 17.0 Å². The number of likely N-dealkylation sites (tertiary alicyclic amines) is 1. The van der Waals surface area contributed by atoms with Gasteiger partial charge in [-0.15, -0.1) is 0 Å². The second kappa shape index (κ2) is 7.23. The summed E-state index contributed by atoms with van der Waals surface area (Å²) in [5.74, 6) is 0.820. The van der Waals surface area contributed by atoms with Crippen LogP contribution in [-0.2, 0) is 10.4 Å². The third-order valence-corrected chi connectivity index (χ3v) is 4.69. The highest BCUT2D eigenvalue weighted by Crippen LogP contribution is 2.30. The molecule has 2 aromatic rings. The number of nitrogens with one attached hydrogen (secondary N) is 1. The van der Waals surface area contributed by atoms with Gasteiger partial charge in [-0.3, -0.25) is 4.79 Å². The molecule has 25 heavy (non-hydrogen) atoms. The van der Waals surface area contributed by atoms with E-state index >= 15 is 0 Å². The highest BCUT2D eigenvalue weighted by Gasteiger charge is 2.38. The van der Waals surface area contributed by atoms with Crippen LogP contribution >= 0.6 is 0 Å². The second-order valence-electron chi connectivity index (χ2n) is 6.63. The largest absolute Gasteiger partial charge is 0.493 e. The monoisotopic (exact) mass is 344 g/mol. The Morgan fingerprint density at radius 3 is 2.84 bits per heavy atom. The summed E-state index contributed by atoms with van der Waals surface area (Å²) in [5, 5.41) is 21.0. The average molecular weight is 344 g/mol. The molecule has 2 N–H and O–H groups in total. The van der Waals surface area contributed by atoms with Crippen LogP contribution in [0, 0.1) is 13.8 Å². The normalized spacial score (nSPS) is 20.5. The summed E-state index contributed by atoms with van der Waals surface area (Å²) in [6.45, 7) is 5.19. The van der Waals surface area contributed by atoms with Crippen LogP contribution in [0.4, 0.5) is 0 Å². The molecule has 0 spiro atoms. The van der Waals surface area contributed by atoms with Crippen molar-refractivity contribution in [2.75, 3.05) is 19.7 Å². The molecule has 134 valence electrons. The fourth-order valence-corrected chi connectivity index (χ4v) is 3.31. The zero-order chi connectivity index (χ0) is 17.9. The summed E-state index contributed by atoms with van der Waals surface area (Å²) < 4.78 is 5.82. The minimum Gasteiger partial charge on any atom is -0.493 e. The number of aryl methyl sites for hydroxylation is 2. The van der Waals surface area contributed by atoms with Crippen molar-refractivity contribution >= 4 is 5.91 Å². The van der Waals surface area contributed by atoms with Crippen LogP contribution in [0.5, 0.6) is 5.75 Å². The lowest BCUT2D eigenvalue weighted by molar-refractivity contribution is -0.139. The van der Waals surface area contributed by atoms with Crippen molar-refractivity contribution in [1.29, 1.82) is 0 Å². The number of carbonyl (C=O) groups is 1. The first kappa shape index (κ1) is 17.4. The molecule has 1 fully saturated rings. The van der Waals surface area contributed by atoms with Gasteiger partial charge in [0.2, 0.25) is 5.91 Å². The average Bonchev–Trinajstić information content (AvgIpc) is 3.13. The maximum absolute atomic E-state index is 12.5. The predicted octanol–water partition coefficient (Wildman–Crippen LogP) is 1.70. The number of hydrogen-bond donors (Lipinski definition) is 2. The van der Waals surface area contributed by atoms with Crippen LogP contribution in [0.2, 0.25) is 0 Å². The molecule has 1 aromatic carbocycles. The van der Waals surface area contributed by atoms with Crippen LogP contribution in [0.3, 0.4) is 0 Å². The van der Waals surface area contributed by atoms with Gasteiger partial charge in [0, 0.05) is 6.54 Å². The van der Waals surface area contributed by atoms with E-state index in [1.807, 2.05) is 32.0 Å². The number of benzene rings is 1. The van der Waals surface area contributed by atoms with Crippen LogP contribution in [0.1, 0.15) is 36.1 Å². The topological polar surface area (TPSA) is 91.3 Å². The van der Waals surface area contributed by atoms with E-state index in [1.54, 1.807) is 4.90 Å². The number of H-pyrrole nitrogens is 1. The summed E-state index contributed by atoms with van der Waals surface area (Å²) in [4.78, 5) is 14.2. The number of para-hydroxylation sites is 1. The molecular formula is C18H24N4O3. The summed E-state index contributed by atoms with van der Waals surface area (Å²) in [6.07, 6.45) is 3.09. The Balaban J connectivity index is 1.56. The predicted molar refractivity (Wildman–Crippen MR) is 92.1 cm³/mol. The van der Waals surface area contributed by atoms with Crippen LogP contribution in [0.25, 0.3) is 0 Å². The lowest BCUT2D eigenvalue weighted by atomic mass is 9.90. The first-order chi connectivity index (χ1) is 12.0. The van der Waals surface area contributed by atoms with E-state index in [9.17, 15) is 9.90 Å². The first-order valence-corrected chi connectivity index (χ1v) is 8.55. The Labute approximate surface area is 147 Å². The molecule has 0 radical (unpaired) electrons. The third-order valence-electron chi connectivity index (χ3n) is 4.69. The highest BCUT2D eigenvalue weighted by molar-refractivity contribution is 5.76. The standard InChI is InChI=1S/C18H24N4O3/c1-13-5-3-6-14(2)17(13)25-10-7-16(23)22-9-4-8-18(24,12-22)15-11-19-21-20-15/h3,5-6,11,24H,4,7-10,12H2,1-2H3,(H,19,20,21)/t18-/m0/s1. The van der Waals surface area contributed by atoms with E-state index in [4.69, 9.17) is 4.74 Å². The van der Waals surface area contributed by atoms with Crippen molar-refractivity contribution in [2.24, 2.45) is 0 Å². The number of hydrogen-bond acceptors (Lipinski definition) is 5. The maximum Gasteiger partial charge on any atom is 0.226 e. The highest BCUT2D eigenvalue weighted by atomic mass is 16.5. The molecule has 2 heterocycles. The zero-order valence-electron chi connectivity index (χ0n) is 14.7. The minimum atomic E-state index is -1.13. The Morgan fingerprint density at radius 1 is 1.40 bits per heavy atom. The van der Waals surface area contributed by atoms with E-state index in [1.165, 1.54) is 6.20 Å². The number of aliphatic hydroxyl groups is 1. The minimum absolute atomic E-state index is 0.0205. The summed E-state index contributed by atoms with van der Waals surface area (Å²) in [5.41, 5.74) is 1.47. The Hall–Kier alpha value is -2.41. The lowest BCUT2D eigenvalue weighted by Crippen LogP contribution is -2.49. The number of piperidine rings is 1. The van der Waals surface area contributed by atoms with E-state index in [-0.39, 0.29) is 18.9 Å². The zero-order valence-corrected chi connectivity index (χ0v) is 14.7. The lowest BCUT2D eigenvalue weighted by Gasteiger charge is -2.38. The van der Waals surface area contributed by atoms with Gasteiger partial charge in [0.15, 0.2) is 0 Å². The van der Waals surface area contributed by atoms with E-state index < -0.39 is 5.60 Å². The molecule has 7 heteroatoms. The molecule has 1 atom stereocenters. The van der Waals surface area contributed by atoms with Crippen LogP contribution in [-0.4, -0.2) is 51.0 Å². The molecule has 3 rings (SSSR count). The molecule has 7 nitrogen and oxygen atoms in total. The van der Waals surface area contributed by atoms with Gasteiger partial charge in [0.05, 0.1) is 25.8 Å². The first-order valence-electron chi connectivity index (χ1n) is 8.55.